The lowest BCUT2D eigenvalue weighted by Crippen LogP contribution is -2.39. The summed E-state index contributed by atoms with van der Waals surface area (Å²) in [5, 5.41) is 4.26. The maximum atomic E-state index is 6.14. The Morgan fingerprint density at radius 3 is 2.93 bits per heavy atom. The minimum absolute atomic E-state index is 0.155. The largest absolute Gasteiger partial charge is 0.380 e. The average molecular weight is 211 g/mol. The third kappa shape index (κ3) is 2.35. The smallest absolute Gasteiger partial charge is 0.0753 e. The van der Waals surface area contributed by atoms with Crippen LogP contribution in [0.25, 0.3) is 0 Å². The van der Waals surface area contributed by atoms with E-state index in [2.05, 4.69) is 16.8 Å². The van der Waals surface area contributed by atoms with Gasteiger partial charge in [0, 0.05) is 13.2 Å². The molecule has 0 aromatic carbocycles. The molecule has 2 atom stereocenters. The monoisotopic (exact) mass is 211 g/mol. The van der Waals surface area contributed by atoms with E-state index in [9.17, 15) is 0 Å². The van der Waals surface area contributed by atoms with Gasteiger partial charge in [0.25, 0.3) is 0 Å². The Labute approximate surface area is 89.1 Å². The van der Waals surface area contributed by atoms with E-state index in [1.54, 1.807) is 18.4 Å². The summed E-state index contributed by atoms with van der Waals surface area (Å²) in [6.45, 7) is 0. The van der Waals surface area contributed by atoms with Crippen LogP contribution in [0.5, 0.6) is 0 Å². The second-order valence-electron chi connectivity index (χ2n) is 4.04. The Morgan fingerprint density at radius 2 is 2.43 bits per heavy atom. The topological polar surface area (TPSA) is 35.2 Å². The van der Waals surface area contributed by atoms with E-state index < -0.39 is 0 Å². The second-order valence-corrected chi connectivity index (χ2v) is 4.82. The third-order valence-electron chi connectivity index (χ3n) is 2.83. The normalized spacial score (nSPS) is 20.7. The lowest BCUT2D eigenvalue weighted by atomic mass is 10.0. The summed E-state index contributed by atoms with van der Waals surface area (Å²) < 4.78 is 5.46. The van der Waals surface area contributed by atoms with E-state index in [1.807, 2.05) is 0 Å². The van der Waals surface area contributed by atoms with Crippen LogP contribution in [0.1, 0.15) is 18.4 Å². The first-order valence-electron chi connectivity index (χ1n) is 5.10. The zero-order valence-electron chi connectivity index (χ0n) is 8.48. The molecule has 1 aliphatic carbocycles. The first-order valence-corrected chi connectivity index (χ1v) is 6.05. The summed E-state index contributed by atoms with van der Waals surface area (Å²) in [5.74, 6) is 0.716. The SMILES string of the molecule is COC(C(N)Cc1ccsc1)C1CC1. The van der Waals surface area contributed by atoms with Crippen LogP contribution in [-0.4, -0.2) is 19.3 Å². The van der Waals surface area contributed by atoms with Gasteiger partial charge in [-0.2, -0.15) is 11.3 Å². The summed E-state index contributed by atoms with van der Waals surface area (Å²) in [5.41, 5.74) is 7.48. The van der Waals surface area contributed by atoms with Gasteiger partial charge >= 0.3 is 0 Å². The summed E-state index contributed by atoms with van der Waals surface area (Å²) in [6.07, 6.45) is 3.78. The Bertz CT molecular complexity index is 269. The van der Waals surface area contributed by atoms with Crippen LogP contribution in [0.15, 0.2) is 16.8 Å². The molecule has 1 aromatic rings. The molecule has 0 saturated heterocycles. The van der Waals surface area contributed by atoms with Crippen molar-refractivity contribution in [2.24, 2.45) is 11.7 Å². The van der Waals surface area contributed by atoms with Crippen molar-refractivity contribution in [3.05, 3.63) is 22.4 Å². The molecule has 1 fully saturated rings. The van der Waals surface area contributed by atoms with Crippen LogP contribution in [-0.2, 0) is 11.2 Å². The predicted molar refractivity (Wildman–Crippen MR) is 59.5 cm³/mol. The molecule has 1 aromatic heterocycles. The van der Waals surface area contributed by atoms with Crippen molar-refractivity contribution in [2.75, 3.05) is 7.11 Å². The van der Waals surface area contributed by atoms with Crippen molar-refractivity contribution in [1.82, 2.24) is 0 Å². The maximum Gasteiger partial charge on any atom is 0.0753 e. The van der Waals surface area contributed by atoms with Crippen molar-refractivity contribution in [3.63, 3.8) is 0 Å². The van der Waals surface area contributed by atoms with Gasteiger partial charge in [-0.05, 0) is 47.6 Å². The van der Waals surface area contributed by atoms with Crippen LogP contribution < -0.4 is 5.73 Å². The fourth-order valence-corrected chi connectivity index (χ4v) is 2.62. The van der Waals surface area contributed by atoms with E-state index in [0.717, 1.165) is 6.42 Å². The predicted octanol–water partition coefficient (Wildman–Crippen LogP) is 2.04. The summed E-state index contributed by atoms with van der Waals surface area (Å²) in [4.78, 5) is 0. The Hall–Kier alpha value is -0.380. The molecule has 0 bridgehead atoms. The lowest BCUT2D eigenvalue weighted by Gasteiger charge is -2.21. The number of thiophene rings is 1. The molecule has 1 heterocycles. The highest BCUT2D eigenvalue weighted by molar-refractivity contribution is 7.07. The van der Waals surface area contributed by atoms with Gasteiger partial charge in [0.15, 0.2) is 0 Å². The second kappa shape index (κ2) is 4.43. The first-order chi connectivity index (χ1) is 6.81. The highest BCUT2D eigenvalue weighted by Crippen LogP contribution is 2.35. The molecule has 2 unspecified atom stereocenters. The molecular formula is C11H17NOS. The van der Waals surface area contributed by atoms with Crippen LogP contribution in [0.3, 0.4) is 0 Å². The fourth-order valence-electron chi connectivity index (χ4n) is 1.94. The highest BCUT2D eigenvalue weighted by Gasteiger charge is 2.35. The summed E-state index contributed by atoms with van der Waals surface area (Å²) in [7, 11) is 1.77. The zero-order chi connectivity index (χ0) is 9.97. The minimum Gasteiger partial charge on any atom is -0.380 e. The van der Waals surface area contributed by atoms with Crippen molar-refractivity contribution in [3.8, 4) is 0 Å². The van der Waals surface area contributed by atoms with Gasteiger partial charge in [0.1, 0.15) is 0 Å². The average Bonchev–Trinajstić information content (AvgIpc) is 2.86. The van der Waals surface area contributed by atoms with Crippen molar-refractivity contribution >= 4 is 11.3 Å². The molecule has 2 rings (SSSR count). The molecule has 0 spiro atoms. The van der Waals surface area contributed by atoms with Crippen molar-refractivity contribution in [1.29, 1.82) is 0 Å². The molecule has 78 valence electrons. The van der Waals surface area contributed by atoms with E-state index in [4.69, 9.17) is 10.5 Å². The molecule has 0 radical (unpaired) electrons. The number of nitrogens with two attached hydrogens (primary N) is 1. The summed E-state index contributed by atoms with van der Waals surface area (Å²) >= 11 is 1.73. The number of rotatable bonds is 5. The molecule has 14 heavy (non-hydrogen) atoms. The van der Waals surface area contributed by atoms with Crippen LogP contribution in [0.4, 0.5) is 0 Å². The molecule has 2 nitrogen and oxygen atoms in total. The highest BCUT2D eigenvalue weighted by atomic mass is 32.1. The Kier molecular flexibility index (Phi) is 3.21. The number of methoxy groups -OCH3 is 1. The Balaban J connectivity index is 1.90. The van der Waals surface area contributed by atoms with Gasteiger partial charge in [-0.3, -0.25) is 0 Å². The van der Waals surface area contributed by atoms with E-state index in [1.165, 1.54) is 18.4 Å². The zero-order valence-corrected chi connectivity index (χ0v) is 9.30. The van der Waals surface area contributed by atoms with E-state index >= 15 is 0 Å². The quantitative estimate of drug-likeness (QED) is 0.809. The molecule has 0 amide bonds. The standard InChI is InChI=1S/C11H17NOS/c1-13-11(9-2-3-9)10(12)6-8-4-5-14-7-8/h4-5,7,9-11H,2-3,6,12H2,1H3. The number of hydrogen-bond donors (Lipinski definition) is 1. The minimum atomic E-state index is 0.155. The van der Waals surface area contributed by atoms with Crippen LogP contribution in [0.2, 0.25) is 0 Å². The van der Waals surface area contributed by atoms with Crippen LogP contribution in [0, 0.1) is 5.92 Å². The Morgan fingerprint density at radius 1 is 1.64 bits per heavy atom. The molecule has 2 N–H and O–H groups in total. The molecule has 3 heteroatoms. The van der Waals surface area contributed by atoms with Crippen molar-refractivity contribution in [2.45, 2.75) is 31.4 Å². The van der Waals surface area contributed by atoms with Crippen LogP contribution >= 0.6 is 11.3 Å². The van der Waals surface area contributed by atoms with Gasteiger partial charge in [-0.15, -0.1) is 0 Å². The van der Waals surface area contributed by atoms with Gasteiger partial charge < -0.3 is 10.5 Å². The summed E-state index contributed by atoms with van der Waals surface area (Å²) in [6, 6.07) is 2.30. The number of ether oxygens (including phenoxy) is 1. The molecular weight excluding hydrogens is 194 g/mol. The molecule has 0 aliphatic heterocycles. The van der Waals surface area contributed by atoms with E-state index in [-0.39, 0.29) is 12.1 Å². The van der Waals surface area contributed by atoms with E-state index in [0.29, 0.717) is 5.92 Å². The van der Waals surface area contributed by atoms with Gasteiger partial charge in [-0.25, -0.2) is 0 Å². The van der Waals surface area contributed by atoms with Gasteiger partial charge in [0.05, 0.1) is 6.10 Å². The first kappa shape index (κ1) is 10.1. The van der Waals surface area contributed by atoms with Gasteiger partial charge in [-0.1, -0.05) is 0 Å². The maximum absolute atomic E-state index is 6.14. The van der Waals surface area contributed by atoms with Gasteiger partial charge in [0.2, 0.25) is 0 Å². The number of hydrogen-bond acceptors (Lipinski definition) is 3. The molecule has 1 saturated carbocycles. The molecule has 1 aliphatic rings. The fraction of sp³-hybridized carbons (Fsp3) is 0.636. The van der Waals surface area contributed by atoms with Crippen molar-refractivity contribution < 1.29 is 4.74 Å². The third-order valence-corrected chi connectivity index (χ3v) is 3.56. The lowest BCUT2D eigenvalue weighted by molar-refractivity contribution is 0.0627.